The Labute approximate surface area is 162 Å². The molecule has 3 aromatic rings. The summed E-state index contributed by atoms with van der Waals surface area (Å²) in [5, 5.41) is 10.5. The number of aliphatic hydroxyl groups excluding tert-OH is 1. The average Bonchev–Trinajstić information content (AvgIpc) is 3.24. The minimum atomic E-state index is -4.12. The van der Waals surface area contributed by atoms with E-state index in [9.17, 15) is 27.1 Å². The van der Waals surface area contributed by atoms with Crippen LogP contribution < -0.4 is 15.2 Å². The highest BCUT2D eigenvalue weighted by molar-refractivity contribution is 7.94. The predicted octanol–water partition coefficient (Wildman–Crippen LogP) is 2.05. The molecule has 0 saturated carbocycles. The van der Waals surface area contributed by atoms with E-state index in [1.54, 1.807) is 4.90 Å². The molecule has 7 nitrogen and oxygen atoms in total. The van der Waals surface area contributed by atoms with E-state index in [1.165, 1.54) is 24.4 Å². The van der Waals surface area contributed by atoms with Crippen molar-refractivity contribution in [1.82, 2.24) is 4.98 Å². The number of anilines is 2. The number of rotatable bonds is 4. The second kappa shape index (κ2) is 6.83. The molecule has 28 heavy (non-hydrogen) atoms. The van der Waals surface area contributed by atoms with Crippen molar-refractivity contribution in [3.63, 3.8) is 0 Å². The van der Waals surface area contributed by atoms with Gasteiger partial charge in [-0.15, -0.1) is 11.3 Å². The van der Waals surface area contributed by atoms with Crippen molar-refractivity contribution in [1.29, 1.82) is 0 Å². The molecule has 0 unspecified atom stereocenters. The van der Waals surface area contributed by atoms with Crippen LogP contribution in [-0.4, -0.2) is 43.9 Å². The van der Waals surface area contributed by atoms with Crippen molar-refractivity contribution < 1.29 is 22.3 Å². The summed E-state index contributed by atoms with van der Waals surface area (Å²) in [5.41, 5.74) is -0.815. The van der Waals surface area contributed by atoms with Gasteiger partial charge in [-0.05, 0) is 35.7 Å². The number of hydrogen-bond acceptors (Lipinski definition) is 6. The van der Waals surface area contributed by atoms with Gasteiger partial charge in [-0.1, -0.05) is 0 Å². The quantitative estimate of drug-likeness (QED) is 0.592. The molecule has 3 heterocycles. The van der Waals surface area contributed by atoms with E-state index in [0.717, 1.165) is 23.5 Å². The highest BCUT2D eigenvalue weighted by Crippen LogP contribution is 2.33. The van der Waals surface area contributed by atoms with E-state index in [0.29, 0.717) is 10.4 Å². The lowest BCUT2D eigenvalue weighted by Gasteiger charge is -2.14. The van der Waals surface area contributed by atoms with Crippen LogP contribution in [0.15, 0.2) is 45.5 Å². The first-order valence-electron chi connectivity index (χ1n) is 8.25. The average molecular weight is 427 g/mol. The normalized spacial score (nSPS) is 20.0. The number of H-pyrrole nitrogens is 1. The lowest BCUT2D eigenvalue weighted by molar-refractivity contribution is 0.118. The summed E-state index contributed by atoms with van der Waals surface area (Å²) >= 11 is 0.880. The van der Waals surface area contributed by atoms with Crippen molar-refractivity contribution in [3.05, 3.63) is 52.7 Å². The van der Waals surface area contributed by atoms with Crippen molar-refractivity contribution >= 4 is 42.8 Å². The first-order chi connectivity index (χ1) is 13.2. The fourth-order valence-electron chi connectivity index (χ4n) is 3.03. The van der Waals surface area contributed by atoms with E-state index in [4.69, 9.17) is 0 Å². The second-order valence-electron chi connectivity index (χ2n) is 6.41. The molecule has 0 spiro atoms. The molecule has 4 rings (SSSR count). The minimum absolute atomic E-state index is 0.0311. The van der Waals surface area contributed by atoms with Crippen LogP contribution in [0.4, 0.5) is 19.5 Å². The standard InChI is InChI=1S/C17H15F2N3O4S2/c18-11-5-9-3-4-20-17(24)10(9)6-13(11)21-28(25,26)16-2-1-15(27-16)22-7-12(19)14(23)8-22/h1-6,12,14,21,23H,7-8H2,(H,20,24)/t12-,14-/m0/s1. The van der Waals surface area contributed by atoms with Crippen molar-refractivity contribution in [2.75, 3.05) is 22.7 Å². The Morgan fingerprint density at radius 2 is 2.04 bits per heavy atom. The molecule has 0 aliphatic carbocycles. The molecule has 0 radical (unpaired) electrons. The third-order valence-electron chi connectivity index (χ3n) is 4.47. The number of thiophene rings is 1. The number of aromatic nitrogens is 1. The number of nitrogens with one attached hydrogen (secondary N) is 2. The molecule has 2 aromatic heterocycles. The number of β-amino-alcohol motifs (C(OH)–C–C–N with tert-alkyl or cyclic N) is 1. The zero-order chi connectivity index (χ0) is 20.1. The number of halogens is 2. The van der Waals surface area contributed by atoms with Gasteiger partial charge in [0.25, 0.3) is 15.6 Å². The maximum absolute atomic E-state index is 14.3. The summed E-state index contributed by atoms with van der Waals surface area (Å²) < 4.78 is 55.2. The molecule has 1 aliphatic rings. The molecule has 0 amide bonds. The zero-order valence-electron chi connectivity index (χ0n) is 14.2. The topological polar surface area (TPSA) is 102 Å². The van der Waals surface area contributed by atoms with Crippen molar-refractivity contribution in [2.45, 2.75) is 16.5 Å². The number of aromatic amines is 1. The molecule has 148 valence electrons. The van der Waals surface area contributed by atoms with Gasteiger partial charge >= 0.3 is 0 Å². The molecule has 1 fully saturated rings. The van der Waals surface area contributed by atoms with Crippen LogP contribution in [0.1, 0.15) is 0 Å². The van der Waals surface area contributed by atoms with Crippen LogP contribution in [0.25, 0.3) is 10.8 Å². The van der Waals surface area contributed by atoms with Crippen LogP contribution in [0.3, 0.4) is 0 Å². The lowest BCUT2D eigenvalue weighted by atomic mass is 10.1. The third kappa shape index (κ3) is 3.36. The largest absolute Gasteiger partial charge is 0.388 e. The van der Waals surface area contributed by atoms with Gasteiger partial charge in [-0.3, -0.25) is 9.52 Å². The first kappa shape index (κ1) is 18.8. The maximum atomic E-state index is 14.3. The Kier molecular flexibility index (Phi) is 4.60. The Morgan fingerprint density at radius 3 is 2.75 bits per heavy atom. The number of benzene rings is 1. The summed E-state index contributed by atoms with van der Waals surface area (Å²) in [6.45, 7) is 0.0351. The Bertz CT molecular complexity index is 1200. The number of fused-ring (bicyclic) bond motifs is 1. The smallest absolute Gasteiger partial charge is 0.271 e. The SMILES string of the molecule is O=c1[nH]ccc2cc(F)c(NS(=O)(=O)c3ccc(N4C[C@H](O)[C@@H](F)C4)s3)cc12. The number of pyridine rings is 1. The number of sulfonamides is 1. The molecule has 11 heteroatoms. The van der Waals surface area contributed by atoms with E-state index in [2.05, 4.69) is 9.71 Å². The van der Waals surface area contributed by atoms with Crippen LogP contribution in [-0.2, 0) is 10.0 Å². The van der Waals surface area contributed by atoms with Gasteiger partial charge in [0.2, 0.25) is 0 Å². The number of aliphatic hydroxyl groups is 1. The van der Waals surface area contributed by atoms with E-state index >= 15 is 0 Å². The monoisotopic (exact) mass is 427 g/mol. The van der Waals surface area contributed by atoms with Crippen LogP contribution in [0, 0.1) is 5.82 Å². The second-order valence-corrected chi connectivity index (χ2v) is 9.38. The van der Waals surface area contributed by atoms with Gasteiger partial charge in [0.05, 0.1) is 17.2 Å². The Balaban J connectivity index is 1.63. The van der Waals surface area contributed by atoms with Gasteiger partial charge in [-0.2, -0.15) is 0 Å². The molecule has 3 N–H and O–H groups in total. The summed E-state index contributed by atoms with van der Waals surface area (Å²) in [6, 6.07) is 6.55. The molecule has 1 aromatic carbocycles. The Morgan fingerprint density at radius 1 is 1.25 bits per heavy atom. The van der Waals surface area contributed by atoms with Gasteiger partial charge in [0, 0.05) is 18.1 Å². The fourth-order valence-corrected chi connectivity index (χ4v) is 5.40. The first-order valence-corrected chi connectivity index (χ1v) is 10.6. The van der Waals surface area contributed by atoms with Gasteiger partial charge in [0.1, 0.15) is 22.3 Å². The van der Waals surface area contributed by atoms with Crippen LogP contribution in [0.5, 0.6) is 0 Å². The molecule has 1 aliphatic heterocycles. The van der Waals surface area contributed by atoms with Crippen LogP contribution >= 0.6 is 11.3 Å². The van der Waals surface area contributed by atoms with Gasteiger partial charge in [-0.25, -0.2) is 17.2 Å². The highest BCUT2D eigenvalue weighted by Gasteiger charge is 2.32. The van der Waals surface area contributed by atoms with Gasteiger partial charge in [0.15, 0.2) is 0 Å². The highest BCUT2D eigenvalue weighted by atomic mass is 32.2. The molecule has 0 bridgehead atoms. The lowest BCUT2D eigenvalue weighted by Crippen LogP contribution is -2.20. The Hall–Kier alpha value is -2.50. The van der Waals surface area contributed by atoms with Gasteiger partial charge < -0.3 is 15.0 Å². The maximum Gasteiger partial charge on any atom is 0.271 e. The minimum Gasteiger partial charge on any atom is -0.388 e. The summed E-state index contributed by atoms with van der Waals surface area (Å²) in [6.07, 6.45) is -1.14. The van der Waals surface area contributed by atoms with Crippen molar-refractivity contribution in [3.8, 4) is 0 Å². The third-order valence-corrected chi connectivity index (χ3v) is 7.47. The van der Waals surface area contributed by atoms with E-state index < -0.39 is 33.7 Å². The molecular formula is C17H15F2N3O4S2. The zero-order valence-corrected chi connectivity index (χ0v) is 15.9. The summed E-state index contributed by atoms with van der Waals surface area (Å²) in [4.78, 5) is 15.9. The fraction of sp³-hybridized carbons (Fsp3) is 0.235. The predicted molar refractivity (Wildman–Crippen MR) is 103 cm³/mol. The number of nitrogens with zero attached hydrogens (tertiary/aromatic N) is 1. The summed E-state index contributed by atoms with van der Waals surface area (Å²) in [7, 11) is -4.12. The molecule has 1 saturated heterocycles. The summed E-state index contributed by atoms with van der Waals surface area (Å²) in [5.74, 6) is -0.818. The van der Waals surface area contributed by atoms with Crippen LogP contribution in [0.2, 0.25) is 0 Å². The van der Waals surface area contributed by atoms with Crippen molar-refractivity contribution in [2.24, 2.45) is 0 Å². The number of alkyl halides is 1. The molecular weight excluding hydrogens is 412 g/mol. The molecule has 2 atom stereocenters. The van der Waals surface area contributed by atoms with E-state index in [-0.39, 0.29) is 28.4 Å². The number of hydrogen-bond donors (Lipinski definition) is 3. The van der Waals surface area contributed by atoms with E-state index in [1.807, 2.05) is 0 Å².